The van der Waals surface area contributed by atoms with E-state index in [1.807, 2.05) is 30.3 Å². The first kappa shape index (κ1) is 26.0. The fraction of sp³-hybridized carbons (Fsp3) is 0.241. The lowest BCUT2D eigenvalue weighted by atomic mass is 10.00. The van der Waals surface area contributed by atoms with Gasteiger partial charge in [0.05, 0.1) is 11.6 Å². The zero-order valence-corrected chi connectivity index (χ0v) is 20.1. The summed E-state index contributed by atoms with van der Waals surface area (Å²) in [4.78, 5) is 29.2. The van der Waals surface area contributed by atoms with Crippen molar-refractivity contribution in [3.63, 3.8) is 0 Å². The molecule has 0 aliphatic carbocycles. The third-order valence-corrected chi connectivity index (χ3v) is 6.36. The Morgan fingerprint density at radius 1 is 0.973 bits per heavy atom. The molecule has 0 unspecified atom stereocenters. The van der Waals surface area contributed by atoms with E-state index in [2.05, 4.69) is 0 Å². The molecule has 5 nitrogen and oxygen atoms in total. The molecule has 192 valence electrons. The second-order valence-electron chi connectivity index (χ2n) is 9.04. The SMILES string of the molecule is O=C(/C=C/c1ccc(O)cc1)N1CC(=O)N(Cc2cccc(C(F)(F)F)c2)[C@@H](CCc2ccccc2)C1. The lowest BCUT2D eigenvalue weighted by Gasteiger charge is -2.41. The van der Waals surface area contributed by atoms with Crippen molar-refractivity contribution in [3.8, 4) is 5.75 Å². The van der Waals surface area contributed by atoms with E-state index in [9.17, 15) is 27.9 Å². The van der Waals surface area contributed by atoms with Gasteiger partial charge in [0, 0.05) is 19.2 Å². The molecule has 3 aromatic carbocycles. The predicted octanol–water partition coefficient (Wildman–Crippen LogP) is 5.30. The molecule has 0 bridgehead atoms. The monoisotopic (exact) mass is 508 g/mol. The number of carbonyl (C=O) groups excluding carboxylic acids is 2. The minimum absolute atomic E-state index is 0.0353. The van der Waals surface area contributed by atoms with Crippen LogP contribution in [-0.2, 0) is 28.7 Å². The smallest absolute Gasteiger partial charge is 0.416 e. The first-order chi connectivity index (χ1) is 17.7. The van der Waals surface area contributed by atoms with Crippen molar-refractivity contribution in [2.24, 2.45) is 0 Å². The summed E-state index contributed by atoms with van der Waals surface area (Å²) < 4.78 is 39.7. The quantitative estimate of drug-likeness (QED) is 0.441. The van der Waals surface area contributed by atoms with Crippen LogP contribution < -0.4 is 0 Å². The van der Waals surface area contributed by atoms with Crippen LogP contribution in [0.25, 0.3) is 6.08 Å². The number of alkyl halides is 3. The van der Waals surface area contributed by atoms with Crippen LogP contribution in [-0.4, -0.2) is 45.9 Å². The summed E-state index contributed by atoms with van der Waals surface area (Å²) in [7, 11) is 0. The van der Waals surface area contributed by atoms with Gasteiger partial charge in [0.2, 0.25) is 11.8 Å². The van der Waals surface area contributed by atoms with Crippen LogP contribution in [0.1, 0.15) is 28.7 Å². The molecule has 1 aliphatic rings. The van der Waals surface area contributed by atoms with Gasteiger partial charge in [-0.1, -0.05) is 54.6 Å². The number of aromatic hydroxyl groups is 1. The Morgan fingerprint density at radius 2 is 1.68 bits per heavy atom. The summed E-state index contributed by atoms with van der Waals surface area (Å²) in [6.45, 7) is 0.156. The summed E-state index contributed by atoms with van der Waals surface area (Å²) in [6, 6.07) is 20.7. The molecular formula is C29H27F3N2O3. The first-order valence-electron chi connectivity index (χ1n) is 11.9. The van der Waals surface area contributed by atoms with Crippen LogP contribution in [0, 0.1) is 0 Å². The average Bonchev–Trinajstić information content (AvgIpc) is 2.88. The summed E-state index contributed by atoms with van der Waals surface area (Å²) >= 11 is 0. The first-order valence-corrected chi connectivity index (χ1v) is 11.9. The molecule has 8 heteroatoms. The maximum absolute atomic E-state index is 13.2. The van der Waals surface area contributed by atoms with Crippen LogP contribution in [0.4, 0.5) is 13.2 Å². The third-order valence-electron chi connectivity index (χ3n) is 6.36. The van der Waals surface area contributed by atoms with Gasteiger partial charge in [0.1, 0.15) is 12.3 Å². The van der Waals surface area contributed by atoms with Crippen molar-refractivity contribution in [3.05, 3.63) is 107 Å². The van der Waals surface area contributed by atoms with Crippen molar-refractivity contribution in [2.75, 3.05) is 13.1 Å². The predicted molar refractivity (Wildman–Crippen MR) is 134 cm³/mol. The fourth-order valence-corrected chi connectivity index (χ4v) is 4.39. The highest BCUT2D eigenvalue weighted by Gasteiger charge is 2.35. The van der Waals surface area contributed by atoms with Crippen LogP contribution in [0.15, 0.2) is 84.9 Å². The number of aryl methyl sites for hydroxylation is 1. The number of benzene rings is 3. The molecule has 1 atom stereocenters. The Bertz CT molecular complexity index is 1260. The zero-order valence-electron chi connectivity index (χ0n) is 20.1. The molecule has 0 saturated carbocycles. The van der Waals surface area contributed by atoms with E-state index in [1.54, 1.807) is 29.2 Å². The Balaban J connectivity index is 1.52. The van der Waals surface area contributed by atoms with E-state index in [0.29, 0.717) is 18.4 Å². The Labute approximate surface area is 213 Å². The molecule has 1 saturated heterocycles. The maximum Gasteiger partial charge on any atom is 0.416 e. The Hall–Kier alpha value is -4.07. The van der Waals surface area contributed by atoms with E-state index in [1.165, 1.54) is 29.2 Å². The van der Waals surface area contributed by atoms with Gasteiger partial charge >= 0.3 is 6.18 Å². The van der Waals surface area contributed by atoms with E-state index in [4.69, 9.17) is 0 Å². The number of hydrogen-bond acceptors (Lipinski definition) is 3. The van der Waals surface area contributed by atoms with E-state index >= 15 is 0 Å². The van der Waals surface area contributed by atoms with Gasteiger partial charge in [-0.15, -0.1) is 0 Å². The van der Waals surface area contributed by atoms with Crippen LogP contribution in [0.5, 0.6) is 5.75 Å². The average molecular weight is 509 g/mol. The van der Waals surface area contributed by atoms with Crippen LogP contribution in [0.2, 0.25) is 0 Å². The molecule has 3 aromatic rings. The molecule has 1 aliphatic heterocycles. The number of phenols is 1. The van der Waals surface area contributed by atoms with Crippen molar-refractivity contribution >= 4 is 17.9 Å². The van der Waals surface area contributed by atoms with Crippen molar-refractivity contribution < 1.29 is 27.9 Å². The molecular weight excluding hydrogens is 481 g/mol. The molecule has 4 rings (SSSR count). The second-order valence-corrected chi connectivity index (χ2v) is 9.04. The van der Waals surface area contributed by atoms with Gasteiger partial charge in [-0.25, -0.2) is 0 Å². The van der Waals surface area contributed by atoms with E-state index in [0.717, 1.165) is 23.3 Å². The largest absolute Gasteiger partial charge is 0.508 e. The molecule has 0 spiro atoms. The van der Waals surface area contributed by atoms with Crippen molar-refractivity contribution in [1.82, 2.24) is 9.80 Å². The molecule has 1 heterocycles. The van der Waals surface area contributed by atoms with Gasteiger partial charge in [-0.05, 0) is 59.9 Å². The number of amides is 2. The summed E-state index contributed by atoms with van der Waals surface area (Å²) in [5.41, 5.74) is 1.43. The second kappa shape index (κ2) is 11.3. The Kier molecular flexibility index (Phi) is 7.96. The van der Waals surface area contributed by atoms with Crippen molar-refractivity contribution in [1.29, 1.82) is 0 Å². The van der Waals surface area contributed by atoms with Crippen molar-refractivity contribution in [2.45, 2.75) is 31.6 Å². The number of halogens is 3. The molecule has 0 aromatic heterocycles. The minimum atomic E-state index is -4.47. The van der Waals surface area contributed by atoms with Gasteiger partial charge in [0.25, 0.3) is 0 Å². The third kappa shape index (κ3) is 7.00. The molecule has 37 heavy (non-hydrogen) atoms. The molecule has 0 radical (unpaired) electrons. The van der Waals surface area contributed by atoms with Gasteiger partial charge in [-0.2, -0.15) is 13.2 Å². The molecule has 2 amide bonds. The lowest BCUT2D eigenvalue weighted by Crippen LogP contribution is -2.57. The maximum atomic E-state index is 13.2. The minimum Gasteiger partial charge on any atom is -0.508 e. The van der Waals surface area contributed by atoms with Crippen LogP contribution >= 0.6 is 0 Å². The highest BCUT2D eigenvalue weighted by atomic mass is 19.4. The number of nitrogens with zero attached hydrogens (tertiary/aromatic N) is 2. The lowest BCUT2D eigenvalue weighted by molar-refractivity contribution is -0.147. The molecule has 1 N–H and O–H groups in total. The standard InChI is InChI=1S/C29H27F3N2O3/c30-29(31,32)24-8-4-7-23(17-24)18-34-25(13-9-21-5-2-1-3-6-21)19-33(20-28(34)37)27(36)16-12-22-10-14-26(35)15-11-22/h1-8,10-12,14-17,25,35H,9,13,18-20H2/b16-12+/t25-/m0/s1. The highest BCUT2D eigenvalue weighted by molar-refractivity contribution is 5.95. The zero-order chi connectivity index (χ0) is 26.4. The number of rotatable bonds is 7. The summed E-state index contributed by atoms with van der Waals surface area (Å²) in [6.07, 6.45) is -0.262. The highest BCUT2D eigenvalue weighted by Crippen LogP contribution is 2.30. The topological polar surface area (TPSA) is 60.9 Å². The fourth-order valence-electron chi connectivity index (χ4n) is 4.39. The van der Waals surface area contributed by atoms with E-state index < -0.39 is 11.7 Å². The van der Waals surface area contributed by atoms with Crippen LogP contribution in [0.3, 0.4) is 0 Å². The van der Waals surface area contributed by atoms with Gasteiger partial charge in [-0.3, -0.25) is 9.59 Å². The number of piperazine rings is 1. The molecule has 1 fully saturated rings. The number of carbonyl (C=O) groups is 2. The van der Waals surface area contributed by atoms with Gasteiger partial charge in [0.15, 0.2) is 0 Å². The van der Waals surface area contributed by atoms with Gasteiger partial charge < -0.3 is 14.9 Å². The normalized spacial score (nSPS) is 16.4. The summed E-state index contributed by atoms with van der Waals surface area (Å²) in [5, 5.41) is 9.42. The number of phenolic OH excluding ortho intramolecular Hbond substituents is 1. The Morgan fingerprint density at radius 3 is 2.38 bits per heavy atom. The van der Waals surface area contributed by atoms with E-state index in [-0.39, 0.29) is 43.2 Å². The summed E-state index contributed by atoms with van der Waals surface area (Å²) in [5.74, 6) is -0.523. The number of hydrogen-bond donors (Lipinski definition) is 1.